The molecule has 0 unspecified atom stereocenters. The normalized spacial score (nSPS) is 12.9. The van der Waals surface area contributed by atoms with Crippen LogP contribution in [0.2, 0.25) is 0 Å². The number of rotatable bonds is 2. The molecule has 3 aromatic carbocycles. The average Bonchev–Trinajstić information content (AvgIpc) is 2.91. The summed E-state index contributed by atoms with van der Waals surface area (Å²) in [6.45, 7) is 0. The molecule has 0 atom stereocenters. The van der Waals surface area contributed by atoms with Crippen LogP contribution in [0.1, 0.15) is 5.56 Å². The van der Waals surface area contributed by atoms with Crippen LogP contribution in [0.4, 0.5) is 0 Å². The van der Waals surface area contributed by atoms with Crippen molar-refractivity contribution in [3.05, 3.63) is 95.0 Å². The van der Waals surface area contributed by atoms with Crippen molar-refractivity contribution in [2.75, 3.05) is 0 Å². The van der Waals surface area contributed by atoms with Crippen molar-refractivity contribution in [3.63, 3.8) is 0 Å². The van der Waals surface area contributed by atoms with E-state index in [2.05, 4.69) is 17.1 Å². The summed E-state index contributed by atoms with van der Waals surface area (Å²) in [6.07, 6.45) is 0. The second kappa shape index (κ2) is 5.08. The molecule has 0 aliphatic carbocycles. The predicted octanol–water partition coefficient (Wildman–Crippen LogP) is 2.71. The number of amides is 1. The SMILES string of the molecule is O=C1N=c2ccccc2=C1c1ccccc1-c1ccccc1. The number of nitrogens with zero attached hydrogens (tertiary/aromatic N) is 1. The van der Waals surface area contributed by atoms with Gasteiger partial charge < -0.3 is 0 Å². The van der Waals surface area contributed by atoms with E-state index >= 15 is 0 Å². The highest BCUT2D eigenvalue weighted by Crippen LogP contribution is 2.28. The minimum Gasteiger partial charge on any atom is -0.267 e. The summed E-state index contributed by atoms with van der Waals surface area (Å²) < 4.78 is 0. The summed E-state index contributed by atoms with van der Waals surface area (Å²) >= 11 is 0. The standard InChI is InChI=1S/C20H13NO/c22-20-19(17-12-6-7-13-18(17)21-20)16-11-5-4-10-15(16)14-8-2-1-3-9-14/h1-13H. The molecule has 1 heterocycles. The van der Waals surface area contributed by atoms with E-state index in [0.717, 1.165) is 27.3 Å². The van der Waals surface area contributed by atoms with E-state index in [4.69, 9.17) is 0 Å². The summed E-state index contributed by atoms with van der Waals surface area (Å²) in [7, 11) is 0. The van der Waals surface area contributed by atoms with Gasteiger partial charge in [0.15, 0.2) is 0 Å². The Hall–Kier alpha value is -3.00. The molecule has 4 rings (SSSR count). The lowest BCUT2D eigenvalue weighted by Crippen LogP contribution is -2.22. The molecule has 0 saturated heterocycles. The van der Waals surface area contributed by atoms with Crippen LogP contribution in [-0.4, -0.2) is 5.91 Å². The van der Waals surface area contributed by atoms with Crippen LogP contribution >= 0.6 is 0 Å². The maximum atomic E-state index is 12.4. The van der Waals surface area contributed by atoms with Crippen LogP contribution in [0, 0.1) is 0 Å². The number of benzene rings is 3. The van der Waals surface area contributed by atoms with Crippen LogP contribution in [0.5, 0.6) is 0 Å². The first kappa shape index (κ1) is 12.7. The first-order chi connectivity index (χ1) is 10.8. The van der Waals surface area contributed by atoms with Crippen molar-refractivity contribution in [2.45, 2.75) is 0 Å². The molecular weight excluding hydrogens is 270 g/mol. The molecule has 0 saturated carbocycles. The molecule has 0 radical (unpaired) electrons. The Morgan fingerprint density at radius 3 is 2.09 bits per heavy atom. The Labute approximate surface area is 128 Å². The fourth-order valence-corrected chi connectivity index (χ4v) is 2.89. The molecule has 0 bridgehead atoms. The zero-order valence-corrected chi connectivity index (χ0v) is 11.9. The lowest BCUT2D eigenvalue weighted by atomic mass is 9.93. The zero-order valence-electron chi connectivity index (χ0n) is 11.9. The lowest BCUT2D eigenvalue weighted by molar-refractivity contribution is -0.112. The molecule has 3 aromatic rings. The van der Waals surface area contributed by atoms with Crippen LogP contribution in [0.25, 0.3) is 16.7 Å². The summed E-state index contributed by atoms with van der Waals surface area (Å²) in [5.74, 6) is -0.162. The van der Waals surface area contributed by atoms with Crippen molar-refractivity contribution >= 4 is 11.5 Å². The van der Waals surface area contributed by atoms with Crippen molar-refractivity contribution in [2.24, 2.45) is 4.99 Å². The Bertz CT molecular complexity index is 987. The zero-order chi connectivity index (χ0) is 14.9. The van der Waals surface area contributed by atoms with Crippen molar-refractivity contribution in [1.82, 2.24) is 0 Å². The van der Waals surface area contributed by atoms with Gasteiger partial charge >= 0.3 is 0 Å². The summed E-state index contributed by atoms with van der Waals surface area (Å²) in [5, 5.41) is 1.67. The largest absolute Gasteiger partial charge is 0.278 e. The number of hydrogen-bond acceptors (Lipinski definition) is 1. The first-order valence-corrected chi connectivity index (χ1v) is 7.22. The molecule has 0 fully saturated rings. The third kappa shape index (κ3) is 1.97. The van der Waals surface area contributed by atoms with Crippen LogP contribution < -0.4 is 10.6 Å². The third-order valence-corrected chi connectivity index (χ3v) is 3.89. The Morgan fingerprint density at radius 2 is 1.27 bits per heavy atom. The van der Waals surface area contributed by atoms with Gasteiger partial charge in [0.05, 0.1) is 10.9 Å². The molecular formula is C20H13NO. The van der Waals surface area contributed by atoms with Gasteiger partial charge in [-0.15, -0.1) is 0 Å². The maximum absolute atomic E-state index is 12.4. The lowest BCUT2D eigenvalue weighted by Gasteiger charge is -2.09. The van der Waals surface area contributed by atoms with Gasteiger partial charge in [0.2, 0.25) is 0 Å². The van der Waals surface area contributed by atoms with Crippen molar-refractivity contribution in [1.29, 1.82) is 0 Å². The molecule has 0 spiro atoms. The summed E-state index contributed by atoms with van der Waals surface area (Å²) in [4.78, 5) is 16.6. The number of carbonyl (C=O) groups excluding carboxylic acids is 1. The molecule has 0 aromatic heterocycles. The van der Waals surface area contributed by atoms with E-state index in [1.165, 1.54) is 0 Å². The fourth-order valence-electron chi connectivity index (χ4n) is 2.89. The molecule has 104 valence electrons. The fraction of sp³-hybridized carbons (Fsp3) is 0. The van der Waals surface area contributed by atoms with E-state index in [1.807, 2.05) is 66.7 Å². The molecule has 1 aliphatic heterocycles. The second-order valence-electron chi connectivity index (χ2n) is 5.22. The van der Waals surface area contributed by atoms with Gasteiger partial charge in [0, 0.05) is 5.22 Å². The highest BCUT2D eigenvalue weighted by Gasteiger charge is 2.20. The molecule has 2 heteroatoms. The van der Waals surface area contributed by atoms with Crippen LogP contribution in [-0.2, 0) is 4.79 Å². The number of hydrogen-bond donors (Lipinski definition) is 0. The topological polar surface area (TPSA) is 29.4 Å². The molecule has 22 heavy (non-hydrogen) atoms. The number of carbonyl (C=O) groups is 1. The van der Waals surface area contributed by atoms with E-state index in [0.29, 0.717) is 5.57 Å². The highest BCUT2D eigenvalue weighted by atomic mass is 16.1. The van der Waals surface area contributed by atoms with Gasteiger partial charge in [0.1, 0.15) is 0 Å². The Morgan fingerprint density at radius 1 is 0.636 bits per heavy atom. The number of para-hydroxylation sites is 1. The van der Waals surface area contributed by atoms with Gasteiger partial charge in [-0.25, -0.2) is 4.99 Å². The third-order valence-electron chi connectivity index (χ3n) is 3.89. The Balaban J connectivity index is 2.04. The Kier molecular flexibility index (Phi) is 2.94. The summed E-state index contributed by atoms with van der Waals surface area (Å²) in [5.41, 5.74) is 3.78. The van der Waals surface area contributed by atoms with E-state index < -0.39 is 0 Å². The number of fused-ring (bicyclic) bond motifs is 1. The van der Waals surface area contributed by atoms with Gasteiger partial charge in [-0.1, -0.05) is 72.8 Å². The predicted molar refractivity (Wildman–Crippen MR) is 86.6 cm³/mol. The van der Waals surface area contributed by atoms with E-state index in [1.54, 1.807) is 0 Å². The monoisotopic (exact) mass is 283 g/mol. The van der Waals surface area contributed by atoms with Gasteiger partial charge in [-0.3, -0.25) is 4.79 Å². The van der Waals surface area contributed by atoms with Crippen molar-refractivity contribution < 1.29 is 4.79 Å². The van der Waals surface area contributed by atoms with Gasteiger partial charge in [-0.2, -0.15) is 0 Å². The van der Waals surface area contributed by atoms with E-state index in [-0.39, 0.29) is 5.91 Å². The quantitative estimate of drug-likeness (QED) is 0.711. The smallest absolute Gasteiger partial charge is 0.267 e. The minimum absolute atomic E-state index is 0.162. The first-order valence-electron chi connectivity index (χ1n) is 7.22. The second-order valence-corrected chi connectivity index (χ2v) is 5.22. The molecule has 0 N–H and O–H groups in total. The van der Waals surface area contributed by atoms with Crippen LogP contribution in [0.15, 0.2) is 83.9 Å². The van der Waals surface area contributed by atoms with Crippen molar-refractivity contribution in [3.8, 4) is 11.1 Å². The highest BCUT2D eigenvalue weighted by molar-refractivity contribution is 6.22. The van der Waals surface area contributed by atoms with Gasteiger partial charge in [-0.05, 0) is 22.8 Å². The summed E-state index contributed by atoms with van der Waals surface area (Å²) in [6, 6.07) is 25.8. The molecule has 1 aliphatic rings. The minimum atomic E-state index is -0.162. The van der Waals surface area contributed by atoms with Gasteiger partial charge in [0.25, 0.3) is 5.91 Å². The van der Waals surface area contributed by atoms with Crippen LogP contribution in [0.3, 0.4) is 0 Å². The average molecular weight is 283 g/mol. The molecule has 1 amide bonds. The van der Waals surface area contributed by atoms with E-state index in [9.17, 15) is 4.79 Å². The maximum Gasteiger partial charge on any atom is 0.278 e. The molecule has 2 nitrogen and oxygen atoms in total.